The number of aryl methyl sites for hydroxylation is 2. The first-order chi connectivity index (χ1) is 24.7. The van der Waals surface area contributed by atoms with E-state index in [0.717, 1.165) is 6.42 Å². The maximum atomic E-state index is 13.3. The van der Waals surface area contributed by atoms with Crippen LogP contribution in [0.25, 0.3) is 0 Å². The Bertz CT molecular complexity index is 1310. The van der Waals surface area contributed by atoms with E-state index in [4.69, 9.17) is 0 Å². The number of carboxylic acid groups (broad SMARTS) is 3. The van der Waals surface area contributed by atoms with Gasteiger partial charge in [-0.15, -0.1) is 0 Å². The van der Waals surface area contributed by atoms with Gasteiger partial charge >= 0.3 is 17.9 Å². The lowest BCUT2D eigenvalue weighted by Gasteiger charge is -2.33. The van der Waals surface area contributed by atoms with E-state index < -0.39 is 41.7 Å². The van der Waals surface area contributed by atoms with Crippen LogP contribution in [0.15, 0.2) is 24.3 Å². The van der Waals surface area contributed by atoms with Crippen LogP contribution in [0.2, 0.25) is 0 Å². The molecule has 1 aromatic rings. The predicted molar refractivity (Wildman–Crippen MR) is 190 cm³/mol. The van der Waals surface area contributed by atoms with Crippen molar-refractivity contribution >= 4 is 41.5 Å². The Morgan fingerprint density at radius 3 is 1.56 bits per heavy atom. The number of hydrogen-bond acceptors (Lipinski definition) is 11. The molecule has 0 spiro atoms. The third-order valence-electron chi connectivity index (χ3n) is 8.56. The number of unbranched alkanes of at least 4 members (excludes halogenated alkanes) is 1. The van der Waals surface area contributed by atoms with Gasteiger partial charge in [0, 0.05) is 72.2 Å². The molecule has 1 aliphatic heterocycles. The number of nitrogens with zero attached hydrogens (tertiary/aromatic N) is 4. The molecule has 0 bridgehead atoms. The van der Waals surface area contributed by atoms with Gasteiger partial charge in [0.1, 0.15) is 6.04 Å². The molecule has 17 nitrogen and oxygen atoms in total. The van der Waals surface area contributed by atoms with Gasteiger partial charge in [0.15, 0.2) is 0 Å². The fourth-order valence-corrected chi connectivity index (χ4v) is 5.75. The normalized spacial score (nSPS) is 16.1. The van der Waals surface area contributed by atoms with E-state index in [2.05, 4.69) is 28.1 Å². The zero-order valence-corrected chi connectivity index (χ0v) is 30.3. The van der Waals surface area contributed by atoms with Crippen molar-refractivity contribution in [2.75, 3.05) is 85.1 Å². The molecule has 290 valence electrons. The lowest BCUT2D eigenvalue weighted by molar-refractivity contribution is -0.140. The standard InChI is InChI=1S/C35H55N7O10/c1-26-9-11-28(12-10-26)6-5-8-30(44)36-13-4-3-7-29(35(52)37-27(2)43)38-31(45)22-39-14-16-40(23-32(46)47)18-20-42(25-34(50)51)21-19-41(17-15-39)24-33(48)49/h9-12,29H,3-8,13-25H2,1-2H3,(H,36,44)(H,38,45)(H,46,47)(H,48,49)(H,50,51)(H,37,43,52)/t29-/m0/s1. The van der Waals surface area contributed by atoms with Crippen molar-refractivity contribution in [3.63, 3.8) is 0 Å². The summed E-state index contributed by atoms with van der Waals surface area (Å²) in [5.74, 6) is -5.01. The number of aliphatic carboxylic acids is 3. The molecule has 0 radical (unpaired) electrons. The summed E-state index contributed by atoms with van der Waals surface area (Å²) in [5, 5.41) is 36.0. The smallest absolute Gasteiger partial charge is 0.317 e. The Labute approximate surface area is 304 Å². The number of nitrogens with one attached hydrogen (secondary N) is 3. The fraction of sp³-hybridized carbons (Fsp3) is 0.629. The molecule has 0 unspecified atom stereocenters. The van der Waals surface area contributed by atoms with Crippen molar-refractivity contribution in [1.82, 2.24) is 35.6 Å². The van der Waals surface area contributed by atoms with Crippen molar-refractivity contribution in [2.45, 2.75) is 58.4 Å². The molecule has 1 aliphatic rings. The van der Waals surface area contributed by atoms with Crippen molar-refractivity contribution in [1.29, 1.82) is 0 Å². The first-order valence-electron chi connectivity index (χ1n) is 17.7. The van der Waals surface area contributed by atoms with Gasteiger partial charge in [0.05, 0.1) is 26.2 Å². The van der Waals surface area contributed by atoms with Gasteiger partial charge in [-0.05, 0) is 44.6 Å². The molecule has 17 heteroatoms. The van der Waals surface area contributed by atoms with Crippen LogP contribution in [-0.4, -0.2) is 168 Å². The van der Waals surface area contributed by atoms with Crippen molar-refractivity contribution in [3.8, 4) is 0 Å². The van der Waals surface area contributed by atoms with Crippen LogP contribution in [0.1, 0.15) is 50.2 Å². The minimum absolute atomic E-state index is 0.0706. The van der Waals surface area contributed by atoms with Gasteiger partial charge in [0.25, 0.3) is 0 Å². The summed E-state index contributed by atoms with van der Waals surface area (Å²) in [6.07, 6.45) is 3.11. The highest BCUT2D eigenvalue weighted by molar-refractivity contribution is 5.98. The van der Waals surface area contributed by atoms with Crippen LogP contribution in [0.4, 0.5) is 0 Å². The maximum Gasteiger partial charge on any atom is 0.317 e. The fourth-order valence-electron chi connectivity index (χ4n) is 5.75. The number of benzene rings is 1. The number of carboxylic acids is 3. The highest BCUT2D eigenvalue weighted by Gasteiger charge is 2.24. The average Bonchev–Trinajstić information content (AvgIpc) is 3.05. The summed E-state index contributed by atoms with van der Waals surface area (Å²) >= 11 is 0. The van der Waals surface area contributed by atoms with Crippen molar-refractivity contribution in [2.24, 2.45) is 0 Å². The molecule has 1 atom stereocenters. The Morgan fingerprint density at radius 1 is 0.654 bits per heavy atom. The number of carbonyl (C=O) groups excluding carboxylic acids is 4. The molecular formula is C35H55N7O10. The van der Waals surface area contributed by atoms with E-state index >= 15 is 0 Å². The van der Waals surface area contributed by atoms with Crippen molar-refractivity contribution < 1.29 is 48.9 Å². The zero-order valence-electron chi connectivity index (χ0n) is 30.3. The number of amides is 4. The molecule has 1 aromatic carbocycles. The molecule has 1 saturated heterocycles. The first-order valence-corrected chi connectivity index (χ1v) is 17.7. The summed E-state index contributed by atoms with van der Waals surface area (Å²) in [5.41, 5.74) is 2.35. The largest absolute Gasteiger partial charge is 0.480 e. The van der Waals surface area contributed by atoms with Crippen LogP contribution in [0, 0.1) is 6.92 Å². The molecule has 0 saturated carbocycles. The van der Waals surface area contributed by atoms with Crippen LogP contribution in [-0.2, 0) is 40.0 Å². The van der Waals surface area contributed by atoms with E-state index in [1.807, 2.05) is 19.1 Å². The van der Waals surface area contributed by atoms with E-state index in [0.29, 0.717) is 32.2 Å². The summed E-state index contributed by atoms with van der Waals surface area (Å²) in [7, 11) is 0. The first kappa shape index (κ1) is 43.7. The summed E-state index contributed by atoms with van der Waals surface area (Å²) < 4.78 is 0. The molecule has 4 amide bonds. The predicted octanol–water partition coefficient (Wildman–Crippen LogP) is -0.773. The van der Waals surface area contributed by atoms with Gasteiger partial charge in [-0.1, -0.05) is 29.8 Å². The van der Waals surface area contributed by atoms with Gasteiger partial charge in [0.2, 0.25) is 23.6 Å². The molecule has 0 aliphatic carbocycles. The van der Waals surface area contributed by atoms with Crippen molar-refractivity contribution in [3.05, 3.63) is 35.4 Å². The molecule has 1 heterocycles. The third kappa shape index (κ3) is 19.8. The molecule has 0 aromatic heterocycles. The molecule has 6 N–H and O–H groups in total. The average molecular weight is 734 g/mol. The lowest BCUT2D eigenvalue weighted by atomic mass is 10.1. The highest BCUT2D eigenvalue weighted by atomic mass is 16.4. The van der Waals surface area contributed by atoms with Crippen LogP contribution in [0.5, 0.6) is 0 Å². The van der Waals surface area contributed by atoms with E-state index in [1.54, 1.807) is 19.6 Å². The maximum absolute atomic E-state index is 13.3. The summed E-state index contributed by atoms with van der Waals surface area (Å²) in [6, 6.07) is 7.16. The van der Waals surface area contributed by atoms with Crippen LogP contribution >= 0.6 is 0 Å². The number of rotatable bonds is 19. The number of carbonyl (C=O) groups is 7. The Morgan fingerprint density at radius 2 is 1.12 bits per heavy atom. The molecule has 52 heavy (non-hydrogen) atoms. The second kappa shape index (κ2) is 23.9. The Hall–Kier alpha value is -4.45. The van der Waals surface area contributed by atoms with Gasteiger partial charge in [-0.25, -0.2) is 0 Å². The zero-order chi connectivity index (χ0) is 38.5. The molecule has 2 rings (SSSR count). The van der Waals surface area contributed by atoms with Gasteiger partial charge in [-0.2, -0.15) is 0 Å². The topological polar surface area (TPSA) is 229 Å². The van der Waals surface area contributed by atoms with E-state index in [1.165, 1.54) is 18.1 Å². The van der Waals surface area contributed by atoms with Crippen LogP contribution < -0.4 is 16.0 Å². The quantitative estimate of drug-likeness (QED) is 0.0960. The van der Waals surface area contributed by atoms with Gasteiger partial charge < -0.3 is 26.0 Å². The minimum Gasteiger partial charge on any atom is -0.480 e. The Kier molecular flexibility index (Phi) is 20.1. The van der Waals surface area contributed by atoms with E-state index in [9.17, 15) is 48.9 Å². The number of hydrogen-bond donors (Lipinski definition) is 6. The minimum atomic E-state index is -1.06. The monoisotopic (exact) mass is 733 g/mol. The Balaban J connectivity index is 1.98. The molecular weight excluding hydrogens is 678 g/mol. The lowest BCUT2D eigenvalue weighted by Crippen LogP contribution is -2.52. The summed E-state index contributed by atoms with van der Waals surface area (Å²) in [4.78, 5) is 91.3. The molecule has 1 fully saturated rings. The van der Waals surface area contributed by atoms with Gasteiger partial charge in [-0.3, -0.25) is 58.5 Å². The number of imide groups is 1. The third-order valence-corrected chi connectivity index (χ3v) is 8.56. The second-order valence-electron chi connectivity index (χ2n) is 13.1. The van der Waals surface area contributed by atoms with Crippen LogP contribution in [0.3, 0.4) is 0 Å². The highest BCUT2D eigenvalue weighted by Crippen LogP contribution is 2.08. The SMILES string of the molecule is CC(=O)NC(=O)[C@H](CCCCNC(=O)CCCc1ccc(C)cc1)NC(=O)CN1CCN(CC(=O)O)CCN(CC(=O)O)CCN(CC(=O)O)CC1. The summed E-state index contributed by atoms with van der Waals surface area (Å²) in [6.45, 7) is 4.41. The van der Waals surface area contributed by atoms with E-state index in [-0.39, 0.29) is 90.9 Å². The second-order valence-corrected chi connectivity index (χ2v) is 13.1.